The van der Waals surface area contributed by atoms with E-state index in [1.54, 1.807) is 6.92 Å². The van der Waals surface area contributed by atoms with Crippen LogP contribution >= 0.6 is 0 Å². The number of rotatable bonds is 6. The Morgan fingerprint density at radius 2 is 2.08 bits per heavy atom. The smallest absolute Gasteiger partial charge is 0.320 e. The van der Waals surface area contributed by atoms with Crippen LogP contribution in [0.15, 0.2) is 0 Å². The first-order valence-electron chi connectivity index (χ1n) is 3.74. The van der Waals surface area contributed by atoms with Gasteiger partial charge in [0.25, 0.3) is 0 Å². The maximum absolute atomic E-state index is 11.0. The number of hydrogen-bond donors (Lipinski definition) is 3. The topological polar surface area (TPSA) is 104 Å². The molecule has 0 rings (SSSR count). The average Bonchev–Trinajstić information content (AvgIpc) is 1.97. The molecule has 78 valence electrons. The van der Waals surface area contributed by atoms with Crippen molar-refractivity contribution in [3.05, 3.63) is 0 Å². The predicted molar refractivity (Wildman–Crippen MR) is 45.7 cm³/mol. The first kappa shape index (κ1) is 12.3. The van der Waals surface area contributed by atoms with E-state index in [2.05, 4.69) is 4.72 Å². The Kier molecular flexibility index (Phi) is 4.89. The summed E-state index contributed by atoms with van der Waals surface area (Å²) in [4.78, 5) is 10.1. The van der Waals surface area contributed by atoms with Crippen LogP contribution in [0.1, 0.15) is 13.3 Å². The summed E-state index contributed by atoms with van der Waals surface area (Å²) in [5.74, 6) is -2.39. The zero-order chi connectivity index (χ0) is 10.5. The number of carboxylic acid groups (broad SMARTS) is 1. The molecule has 1 unspecified atom stereocenters. The van der Waals surface area contributed by atoms with Gasteiger partial charge in [-0.3, -0.25) is 4.79 Å². The van der Waals surface area contributed by atoms with E-state index in [4.69, 9.17) is 10.2 Å². The first-order valence-corrected chi connectivity index (χ1v) is 5.39. The van der Waals surface area contributed by atoms with Gasteiger partial charge in [0, 0.05) is 6.04 Å². The Hall–Kier alpha value is -0.660. The molecule has 13 heavy (non-hydrogen) atoms. The molecular weight excluding hydrogens is 198 g/mol. The number of aliphatic hydroxyl groups is 1. The molecule has 0 aromatic carbocycles. The van der Waals surface area contributed by atoms with Crippen molar-refractivity contribution < 1.29 is 23.4 Å². The van der Waals surface area contributed by atoms with Crippen molar-refractivity contribution in [1.29, 1.82) is 0 Å². The molecule has 0 saturated heterocycles. The molecule has 0 heterocycles. The summed E-state index contributed by atoms with van der Waals surface area (Å²) < 4.78 is 24.0. The standard InChI is InChI=1S/C6H13NO5S/c1-2-5(3-8)7-13(11,12)4-6(9)10/h5,7-8H,2-4H2,1H3,(H,9,10). The molecule has 6 nitrogen and oxygen atoms in total. The number of aliphatic hydroxyl groups excluding tert-OH is 1. The highest BCUT2D eigenvalue weighted by Crippen LogP contribution is 1.93. The van der Waals surface area contributed by atoms with Gasteiger partial charge in [-0.25, -0.2) is 13.1 Å². The van der Waals surface area contributed by atoms with Crippen LogP contribution in [0, 0.1) is 0 Å². The van der Waals surface area contributed by atoms with E-state index in [1.807, 2.05) is 0 Å². The van der Waals surface area contributed by atoms with Crippen LogP contribution < -0.4 is 4.72 Å². The second-order valence-electron chi connectivity index (χ2n) is 2.56. The molecule has 7 heteroatoms. The largest absolute Gasteiger partial charge is 0.480 e. The third-order valence-corrected chi connectivity index (χ3v) is 2.69. The van der Waals surface area contributed by atoms with Gasteiger partial charge in [-0.05, 0) is 6.42 Å². The molecule has 0 aliphatic rings. The molecule has 0 saturated carbocycles. The van der Waals surface area contributed by atoms with E-state index in [1.165, 1.54) is 0 Å². The number of hydrogen-bond acceptors (Lipinski definition) is 4. The highest BCUT2D eigenvalue weighted by Gasteiger charge is 2.18. The second kappa shape index (κ2) is 5.15. The summed E-state index contributed by atoms with van der Waals surface area (Å²) in [5, 5.41) is 16.9. The lowest BCUT2D eigenvalue weighted by Gasteiger charge is -2.12. The average molecular weight is 211 g/mol. The fourth-order valence-corrected chi connectivity index (χ4v) is 1.87. The van der Waals surface area contributed by atoms with Crippen molar-refractivity contribution in [2.24, 2.45) is 0 Å². The Morgan fingerprint density at radius 1 is 1.54 bits per heavy atom. The van der Waals surface area contributed by atoms with E-state index in [-0.39, 0.29) is 6.61 Å². The van der Waals surface area contributed by atoms with Gasteiger partial charge < -0.3 is 10.2 Å². The molecule has 0 amide bonds. The lowest BCUT2D eigenvalue weighted by Crippen LogP contribution is -2.39. The fraction of sp³-hybridized carbons (Fsp3) is 0.833. The highest BCUT2D eigenvalue weighted by atomic mass is 32.2. The maximum atomic E-state index is 11.0. The van der Waals surface area contributed by atoms with Gasteiger partial charge in [-0.1, -0.05) is 6.92 Å². The molecule has 0 aliphatic heterocycles. The SMILES string of the molecule is CCC(CO)NS(=O)(=O)CC(=O)O. The van der Waals surface area contributed by atoms with E-state index in [9.17, 15) is 13.2 Å². The minimum Gasteiger partial charge on any atom is -0.480 e. The Balaban J connectivity index is 4.24. The van der Waals surface area contributed by atoms with Crippen LogP contribution in [0.5, 0.6) is 0 Å². The van der Waals surface area contributed by atoms with Gasteiger partial charge in [-0.2, -0.15) is 0 Å². The molecule has 0 spiro atoms. The van der Waals surface area contributed by atoms with E-state index >= 15 is 0 Å². The second-order valence-corrected chi connectivity index (χ2v) is 4.31. The van der Waals surface area contributed by atoms with Gasteiger partial charge in [-0.15, -0.1) is 0 Å². The van der Waals surface area contributed by atoms with E-state index < -0.39 is 27.8 Å². The van der Waals surface area contributed by atoms with Crippen LogP contribution in [0.2, 0.25) is 0 Å². The van der Waals surface area contributed by atoms with Crippen molar-refractivity contribution in [3.63, 3.8) is 0 Å². The van der Waals surface area contributed by atoms with Gasteiger partial charge in [0.2, 0.25) is 10.0 Å². The highest BCUT2D eigenvalue weighted by molar-refractivity contribution is 7.90. The minimum absolute atomic E-state index is 0.338. The van der Waals surface area contributed by atoms with Crippen molar-refractivity contribution in [1.82, 2.24) is 4.72 Å². The van der Waals surface area contributed by atoms with Crippen molar-refractivity contribution in [3.8, 4) is 0 Å². The number of sulfonamides is 1. The van der Waals surface area contributed by atoms with Crippen molar-refractivity contribution >= 4 is 16.0 Å². The zero-order valence-corrected chi connectivity index (χ0v) is 8.04. The van der Waals surface area contributed by atoms with Crippen molar-refractivity contribution in [2.75, 3.05) is 12.4 Å². The van der Waals surface area contributed by atoms with Gasteiger partial charge >= 0.3 is 5.97 Å². The Bertz CT molecular complexity index is 256. The van der Waals surface area contributed by atoms with Gasteiger partial charge in [0.05, 0.1) is 6.61 Å². The van der Waals surface area contributed by atoms with E-state index in [0.29, 0.717) is 6.42 Å². The summed E-state index contributed by atoms with van der Waals surface area (Å²) in [5.41, 5.74) is 0. The molecule has 0 fully saturated rings. The lowest BCUT2D eigenvalue weighted by molar-refractivity contribution is -0.134. The van der Waals surface area contributed by atoms with Crippen LogP contribution in [0.4, 0.5) is 0 Å². The predicted octanol–water partition coefficient (Wildman–Crippen LogP) is -1.24. The molecule has 0 aliphatic carbocycles. The normalized spacial score (nSPS) is 14.0. The zero-order valence-electron chi connectivity index (χ0n) is 7.23. The Labute approximate surface area is 76.6 Å². The monoisotopic (exact) mass is 211 g/mol. The summed E-state index contributed by atoms with van der Waals surface area (Å²) in [6, 6.07) is -0.607. The summed E-state index contributed by atoms with van der Waals surface area (Å²) in [6.07, 6.45) is 0.412. The number of nitrogens with one attached hydrogen (secondary N) is 1. The van der Waals surface area contributed by atoms with Crippen LogP contribution in [0.3, 0.4) is 0 Å². The number of carbonyl (C=O) groups is 1. The molecule has 0 radical (unpaired) electrons. The molecule has 0 bridgehead atoms. The summed E-state index contributed by atoms with van der Waals surface area (Å²) >= 11 is 0. The van der Waals surface area contributed by atoms with Gasteiger partial charge in [0.1, 0.15) is 0 Å². The molecule has 1 atom stereocenters. The number of aliphatic carboxylic acids is 1. The molecule has 3 N–H and O–H groups in total. The van der Waals surface area contributed by atoms with Crippen LogP contribution in [-0.4, -0.2) is 43.0 Å². The third kappa shape index (κ3) is 5.56. The molecular formula is C6H13NO5S. The summed E-state index contributed by atoms with van der Waals surface area (Å²) in [7, 11) is -3.81. The number of carboxylic acids is 1. The third-order valence-electron chi connectivity index (χ3n) is 1.37. The van der Waals surface area contributed by atoms with Gasteiger partial charge in [0.15, 0.2) is 5.75 Å². The fourth-order valence-electron chi connectivity index (χ4n) is 0.708. The van der Waals surface area contributed by atoms with Crippen LogP contribution in [0.25, 0.3) is 0 Å². The molecule has 0 aromatic heterocycles. The maximum Gasteiger partial charge on any atom is 0.320 e. The summed E-state index contributed by atoms with van der Waals surface area (Å²) in [6.45, 7) is 1.35. The van der Waals surface area contributed by atoms with E-state index in [0.717, 1.165) is 0 Å². The molecule has 0 aromatic rings. The lowest BCUT2D eigenvalue weighted by atomic mass is 10.3. The van der Waals surface area contributed by atoms with Crippen molar-refractivity contribution in [2.45, 2.75) is 19.4 Å². The minimum atomic E-state index is -3.81. The van der Waals surface area contributed by atoms with Crippen LogP contribution in [-0.2, 0) is 14.8 Å². The quantitative estimate of drug-likeness (QED) is 0.510. The first-order chi connectivity index (χ1) is 5.91. The Morgan fingerprint density at radius 3 is 2.38 bits per heavy atom.